The summed E-state index contributed by atoms with van der Waals surface area (Å²) in [6, 6.07) is 23.2. The molecule has 3 aromatic carbocycles. The van der Waals surface area contributed by atoms with E-state index < -0.39 is 5.91 Å². The summed E-state index contributed by atoms with van der Waals surface area (Å²) in [6.45, 7) is 0.685. The van der Waals surface area contributed by atoms with E-state index in [-0.39, 0.29) is 17.4 Å². The van der Waals surface area contributed by atoms with Crippen LogP contribution in [0, 0.1) is 0 Å². The highest BCUT2D eigenvalue weighted by atomic mass is 32.1. The fraction of sp³-hybridized carbons (Fsp3) is 0.160. The predicted molar refractivity (Wildman–Crippen MR) is 132 cm³/mol. The maximum absolute atomic E-state index is 12.5. The Morgan fingerprint density at radius 2 is 1.47 bits per heavy atom. The lowest BCUT2D eigenvalue weighted by Gasteiger charge is -2.12. The van der Waals surface area contributed by atoms with E-state index in [9.17, 15) is 9.59 Å². The Kier molecular flexibility index (Phi) is 9.24. The summed E-state index contributed by atoms with van der Waals surface area (Å²) in [5.41, 5.74) is 6.15. The molecule has 0 saturated heterocycles. The Labute approximate surface area is 203 Å². The first-order valence-corrected chi connectivity index (χ1v) is 10.9. The van der Waals surface area contributed by atoms with E-state index in [4.69, 9.17) is 26.4 Å². The first-order chi connectivity index (χ1) is 16.5. The van der Waals surface area contributed by atoms with Gasteiger partial charge in [-0.05, 0) is 60.2 Å². The van der Waals surface area contributed by atoms with Crippen LogP contribution in [0.25, 0.3) is 0 Å². The highest BCUT2D eigenvalue weighted by Gasteiger charge is 2.10. The van der Waals surface area contributed by atoms with Crippen LogP contribution >= 0.6 is 12.2 Å². The van der Waals surface area contributed by atoms with Crippen molar-refractivity contribution in [3.8, 4) is 17.2 Å². The molecule has 0 atom stereocenters. The van der Waals surface area contributed by atoms with Gasteiger partial charge in [-0.2, -0.15) is 0 Å². The van der Waals surface area contributed by atoms with Crippen molar-refractivity contribution in [3.63, 3.8) is 0 Å². The second-order valence-electron chi connectivity index (χ2n) is 7.02. The Balaban J connectivity index is 1.39. The lowest BCUT2D eigenvalue weighted by molar-refractivity contribution is -0.121. The van der Waals surface area contributed by atoms with Gasteiger partial charge in [0.25, 0.3) is 5.91 Å². The summed E-state index contributed by atoms with van der Waals surface area (Å²) in [7, 11) is 1.58. The van der Waals surface area contributed by atoms with E-state index in [1.165, 1.54) is 0 Å². The largest absolute Gasteiger partial charge is 0.497 e. The monoisotopic (exact) mass is 479 g/mol. The molecule has 0 unspecified atom stereocenters. The molecular formula is C25H25N3O5S. The molecule has 3 rings (SSSR count). The van der Waals surface area contributed by atoms with Crippen LogP contribution in [0.4, 0.5) is 0 Å². The Morgan fingerprint density at radius 1 is 0.794 bits per heavy atom. The third-order valence-electron chi connectivity index (χ3n) is 4.53. The van der Waals surface area contributed by atoms with Gasteiger partial charge in [-0.15, -0.1) is 0 Å². The number of carbonyl (C=O) groups excluding carboxylic acids is 2. The van der Waals surface area contributed by atoms with Gasteiger partial charge in [0.1, 0.15) is 30.5 Å². The smallest absolute Gasteiger partial charge is 0.257 e. The third kappa shape index (κ3) is 8.10. The highest BCUT2D eigenvalue weighted by Crippen LogP contribution is 2.14. The zero-order valence-electron chi connectivity index (χ0n) is 18.6. The third-order valence-corrected chi connectivity index (χ3v) is 4.73. The van der Waals surface area contributed by atoms with Gasteiger partial charge in [0.05, 0.1) is 13.5 Å². The van der Waals surface area contributed by atoms with Crippen molar-refractivity contribution in [3.05, 3.63) is 90.0 Å². The van der Waals surface area contributed by atoms with Crippen molar-refractivity contribution in [2.24, 2.45) is 0 Å². The maximum Gasteiger partial charge on any atom is 0.257 e. The van der Waals surface area contributed by atoms with Crippen LogP contribution in [0.5, 0.6) is 17.2 Å². The predicted octanol–water partition coefficient (Wildman–Crippen LogP) is 3.03. The first-order valence-electron chi connectivity index (χ1n) is 10.5. The molecule has 0 bridgehead atoms. The molecule has 0 aliphatic rings. The normalized spacial score (nSPS) is 10.0. The minimum absolute atomic E-state index is 0.0318. The molecular weight excluding hydrogens is 454 g/mol. The number of methoxy groups -OCH3 is 1. The number of ether oxygens (including phenoxy) is 3. The average Bonchev–Trinajstić information content (AvgIpc) is 2.86. The van der Waals surface area contributed by atoms with E-state index in [1.54, 1.807) is 55.6 Å². The van der Waals surface area contributed by atoms with Crippen LogP contribution in [-0.2, 0) is 11.2 Å². The maximum atomic E-state index is 12.5. The number of amides is 2. The van der Waals surface area contributed by atoms with Crippen molar-refractivity contribution >= 4 is 29.1 Å². The minimum atomic E-state index is -0.437. The van der Waals surface area contributed by atoms with Gasteiger partial charge in [-0.3, -0.25) is 25.8 Å². The summed E-state index contributed by atoms with van der Waals surface area (Å²) in [5.74, 6) is 1.25. The van der Waals surface area contributed by atoms with Gasteiger partial charge < -0.3 is 14.2 Å². The molecule has 176 valence electrons. The number of rotatable bonds is 9. The van der Waals surface area contributed by atoms with Crippen LogP contribution in [0.2, 0.25) is 0 Å². The highest BCUT2D eigenvalue weighted by molar-refractivity contribution is 7.80. The number of para-hydroxylation sites is 1. The van der Waals surface area contributed by atoms with E-state index in [1.807, 2.05) is 30.3 Å². The molecule has 0 aromatic heterocycles. The van der Waals surface area contributed by atoms with Crippen LogP contribution in [0.3, 0.4) is 0 Å². The zero-order valence-corrected chi connectivity index (χ0v) is 19.4. The standard InChI is InChI=1S/C25H25N3O5S/c1-31-20-12-10-18(11-13-20)16-23(29)27-28-25(34)26-24(30)19-6-5-9-22(17-19)33-15-14-32-21-7-3-2-4-8-21/h2-13,17H,14-16H2,1H3,(H,27,29)(H2,26,28,30,34). The first kappa shape index (κ1) is 24.5. The Hall–Kier alpha value is -4.11. The quantitative estimate of drug-likeness (QED) is 0.247. The molecule has 3 N–H and O–H groups in total. The molecule has 0 fully saturated rings. The zero-order chi connectivity index (χ0) is 24.2. The van der Waals surface area contributed by atoms with Crippen LogP contribution in [-0.4, -0.2) is 37.3 Å². The van der Waals surface area contributed by atoms with E-state index in [2.05, 4.69) is 16.2 Å². The molecule has 0 aliphatic carbocycles. The molecule has 0 heterocycles. The minimum Gasteiger partial charge on any atom is -0.497 e. The summed E-state index contributed by atoms with van der Waals surface area (Å²) in [6.07, 6.45) is 0.140. The fourth-order valence-electron chi connectivity index (χ4n) is 2.87. The number of benzene rings is 3. The lowest BCUT2D eigenvalue weighted by Crippen LogP contribution is -2.48. The molecule has 0 saturated carbocycles. The van der Waals surface area contributed by atoms with Crippen molar-refractivity contribution in [2.75, 3.05) is 20.3 Å². The van der Waals surface area contributed by atoms with Gasteiger partial charge >= 0.3 is 0 Å². The SMILES string of the molecule is COc1ccc(CC(=O)NNC(=S)NC(=O)c2cccc(OCCOc3ccccc3)c2)cc1. The number of hydrogen-bond donors (Lipinski definition) is 3. The second kappa shape index (κ2) is 12.8. The number of thiocarbonyl (C=S) groups is 1. The number of carbonyl (C=O) groups is 2. The van der Waals surface area contributed by atoms with Crippen molar-refractivity contribution in [2.45, 2.75) is 6.42 Å². The molecule has 2 amide bonds. The molecule has 0 spiro atoms. The Bertz CT molecular complexity index is 1110. The van der Waals surface area contributed by atoms with E-state index in [0.29, 0.717) is 30.3 Å². The van der Waals surface area contributed by atoms with Crippen molar-refractivity contribution in [1.29, 1.82) is 0 Å². The van der Waals surface area contributed by atoms with Crippen molar-refractivity contribution < 1.29 is 23.8 Å². The second-order valence-corrected chi connectivity index (χ2v) is 7.43. The number of hydrogen-bond acceptors (Lipinski definition) is 6. The number of nitrogens with one attached hydrogen (secondary N) is 3. The van der Waals surface area contributed by atoms with Gasteiger partial charge in [0.15, 0.2) is 5.11 Å². The van der Waals surface area contributed by atoms with Gasteiger partial charge in [0, 0.05) is 5.56 Å². The summed E-state index contributed by atoms with van der Waals surface area (Å²) in [5, 5.41) is 2.48. The molecule has 0 radical (unpaired) electrons. The van der Waals surface area contributed by atoms with Gasteiger partial charge in [-0.1, -0.05) is 36.4 Å². The summed E-state index contributed by atoms with van der Waals surface area (Å²) in [4.78, 5) is 24.6. The summed E-state index contributed by atoms with van der Waals surface area (Å²) >= 11 is 5.09. The van der Waals surface area contributed by atoms with Crippen molar-refractivity contribution in [1.82, 2.24) is 16.2 Å². The van der Waals surface area contributed by atoms with Crippen LogP contribution in [0.15, 0.2) is 78.9 Å². The van der Waals surface area contributed by atoms with E-state index >= 15 is 0 Å². The topological polar surface area (TPSA) is 97.9 Å². The molecule has 3 aromatic rings. The summed E-state index contributed by atoms with van der Waals surface area (Å²) < 4.78 is 16.3. The molecule has 0 aliphatic heterocycles. The van der Waals surface area contributed by atoms with Gasteiger partial charge in [-0.25, -0.2) is 0 Å². The molecule has 8 nitrogen and oxygen atoms in total. The lowest BCUT2D eigenvalue weighted by atomic mass is 10.1. The Morgan fingerprint density at radius 3 is 2.18 bits per heavy atom. The molecule has 9 heteroatoms. The van der Waals surface area contributed by atoms with Crippen LogP contribution in [0.1, 0.15) is 15.9 Å². The van der Waals surface area contributed by atoms with E-state index in [0.717, 1.165) is 11.3 Å². The average molecular weight is 480 g/mol. The van der Waals surface area contributed by atoms with Gasteiger partial charge in [0.2, 0.25) is 5.91 Å². The van der Waals surface area contributed by atoms with Crippen LogP contribution < -0.4 is 30.4 Å². The number of hydrazine groups is 1. The molecule has 34 heavy (non-hydrogen) atoms. The fourth-order valence-corrected chi connectivity index (χ4v) is 3.01.